The summed E-state index contributed by atoms with van der Waals surface area (Å²) in [6, 6.07) is 5.50. The third kappa shape index (κ3) is 4.68. The minimum absolute atomic E-state index is 0.000814. The van der Waals surface area contributed by atoms with Crippen molar-refractivity contribution < 1.29 is 9.53 Å². The lowest BCUT2D eigenvalue weighted by molar-refractivity contribution is -0.121. The van der Waals surface area contributed by atoms with Crippen LogP contribution in [0.15, 0.2) is 29.3 Å². The number of amides is 1. The summed E-state index contributed by atoms with van der Waals surface area (Å²) in [5.41, 5.74) is 1.47. The number of para-hydroxylation sites is 1. The zero-order chi connectivity index (χ0) is 18.4. The molecule has 7 heteroatoms. The van der Waals surface area contributed by atoms with Crippen LogP contribution in [0.1, 0.15) is 18.4 Å². The van der Waals surface area contributed by atoms with Crippen LogP contribution in [0.2, 0.25) is 0 Å². The van der Waals surface area contributed by atoms with Crippen LogP contribution >= 0.6 is 0 Å². The van der Waals surface area contributed by atoms with Crippen LogP contribution < -0.4 is 10.9 Å². The summed E-state index contributed by atoms with van der Waals surface area (Å²) in [6.45, 7) is 7.18. The van der Waals surface area contributed by atoms with E-state index >= 15 is 0 Å². The largest absolute Gasteiger partial charge is 0.379 e. The Hall–Kier alpha value is -2.25. The molecule has 140 valence electrons. The summed E-state index contributed by atoms with van der Waals surface area (Å²) in [7, 11) is 0. The molecule has 1 aliphatic heterocycles. The molecule has 0 spiro atoms. The maximum atomic E-state index is 12.5. The van der Waals surface area contributed by atoms with Crippen LogP contribution in [0.4, 0.5) is 0 Å². The van der Waals surface area contributed by atoms with Gasteiger partial charge in [-0.2, -0.15) is 0 Å². The number of unbranched alkanes of at least 4 members (excludes halogenated alkanes) is 1. The van der Waals surface area contributed by atoms with Gasteiger partial charge in [-0.15, -0.1) is 0 Å². The van der Waals surface area contributed by atoms with Gasteiger partial charge in [-0.3, -0.25) is 19.1 Å². The Kier molecular flexibility index (Phi) is 6.35. The fourth-order valence-corrected chi connectivity index (χ4v) is 3.17. The molecule has 0 atom stereocenters. The third-order valence-electron chi connectivity index (χ3n) is 4.70. The van der Waals surface area contributed by atoms with Gasteiger partial charge in [0.1, 0.15) is 6.54 Å². The van der Waals surface area contributed by atoms with Crippen molar-refractivity contribution in [2.75, 3.05) is 39.4 Å². The van der Waals surface area contributed by atoms with Crippen LogP contribution in [0.5, 0.6) is 0 Å². The van der Waals surface area contributed by atoms with E-state index in [1.54, 1.807) is 6.07 Å². The lowest BCUT2D eigenvalue weighted by atomic mass is 10.1. The minimum Gasteiger partial charge on any atom is -0.379 e. The monoisotopic (exact) mass is 358 g/mol. The first-order valence-corrected chi connectivity index (χ1v) is 9.17. The molecule has 1 N–H and O–H groups in total. The Morgan fingerprint density at radius 1 is 1.27 bits per heavy atom. The van der Waals surface area contributed by atoms with Crippen molar-refractivity contribution in [2.24, 2.45) is 0 Å². The van der Waals surface area contributed by atoms with Gasteiger partial charge in [0.2, 0.25) is 5.91 Å². The number of ether oxygens (including phenoxy) is 1. The number of hydrogen-bond acceptors (Lipinski definition) is 5. The summed E-state index contributed by atoms with van der Waals surface area (Å²) in [5.74, 6) is -0.160. The van der Waals surface area contributed by atoms with E-state index < -0.39 is 0 Å². The maximum absolute atomic E-state index is 12.5. The Morgan fingerprint density at radius 2 is 2.08 bits per heavy atom. The van der Waals surface area contributed by atoms with Gasteiger partial charge in [0.15, 0.2) is 0 Å². The van der Waals surface area contributed by atoms with Gasteiger partial charge in [-0.05, 0) is 37.9 Å². The van der Waals surface area contributed by atoms with E-state index in [4.69, 9.17) is 4.74 Å². The van der Waals surface area contributed by atoms with Crippen LogP contribution in [0, 0.1) is 6.92 Å². The molecule has 0 saturated carbocycles. The molecular weight excluding hydrogens is 332 g/mol. The summed E-state index contributed by atoms with van der Waals surface area (Å²) < 4.78 is 6.69. The molecule has 3 rings (SSSR count). The van der Waals surface area contributed by atoms with Crippen molar-refractivity contribution in [3.05, 3.63) is 40.4 Å². The highest BCUT2D eigenvalue weighted by atomic mass is 16.5. The molecular formula is C19H26N4O3. The number of benzene rings is 1. The molecule has 1 aliphatic rings. The van der Waals surface area contributed by atoms with Gasteiger partial charge in [-0.25, -0.2) is 4.98 Å². The summed E-state index contributed by atoms with van der Waals surface area (Å²) in [6.07, 6.45) is 3.42. The van der Waals surface area contributed by atoms with Crippen molar-refractivity contribution in [2.45, 2.75) is 26.3 Å². The molecule has 0 bridgehead atoms. The number of fused-ring (bicyclic) bond motifs is 1. The summed E-state index contributed by atoms with van der Waals surface area (Å²) >= 11 is 0. The lowest BCUT2D eigenvalue weighted by Crippen LogP contribution is -2.37. The Bertz CT molecular complexity index is 812. The number of rotatable bonds is 7. The minimum atomic E-state index is -0.179. The average molecular weight is 358 g/mol. The van der Waals surface area contributed by atoms with Gasteiger partial charge in [0.05, 0.1) is 30.4 Å². The number of morpholine rings is 1. The van der Waals surface area contributed by atoms with E-state index in [9.17, 15) is 9.59 Å². The van der Waals surface area contributed by atoms with Gasteiger partial charge < -0.3 is 10.1 Å². The van der Waals surface area contributed by atoms with Gasteiger partial charge in [0.25, 0.3) is 5.56 Å². The smallest absolute Gasteiger partial charge is 0.261 e. The van der Waals surface area contributed by atoms with Gasteiger partial charge >= 0.3 is 0 Å². The first kappa shape index (κ1) is 18.5. The normalized spacial score (nSPS) is 15.3. The van der Waals surface area contributed by atoms with E-state index in [2.05, 4.69) is 15.2 Å². The quantitative estimate of drug-likeness (QED) is 0.746. The molecule has 1 fully saturated rings. The number of carbonyl (C=O) groups is 1. The van der Waals surface area contributed by atoms with Crippen LogP contribution in [-0.2, 0) is 16.1 Å². The summed E-state index contributed by atoms with van der Waals surface area (Å²) in [4.78, 5) is 31.3. The Balaban J connectivity index is 1.45. The molecule has 0 aliphatic carbocycles. The standard InChI is InChI=1S/C19H26N4O3/c1-15-5-4-6-16-18(15)21-14-23(19(16)25)13-17(24)20-7-2-3-8-22-9-11-26-12-10-22/h4-6,14H,2-3,7-13H2,1H3,(H,20,24). The van der Waals surface area contributed by atoms with E-state index in [-0.39, 0.29) is 18.0 Å². The highest BCUT2D eigenvalue weighted by Crippen LogP contribution is 2.11. The number of hydrogen-bond donors (Lipinski definition) is 1. The highest BCUT2D eigenvalue weighted by molar-refractivity contribution is 5.81. The van der Waals surface area contributed by atoms with Crippen molar-refractivity contribution in [1.29, 1.82) is 0 Å². The fraction of sp³-hybridized carbons (Fsp3) is 0.526. The van der Waals surface area contributed by atoms with Gasteiger partial charge in [-0.1, -0.05) is 12.1 Å². The molecule has 1 saturated heterocycles. The molecule has 1 aromatic carbocycles. The second-order valence-electron chi connectivity index (χ2n) is 6.66. The Morgan fingerprint density at radius 3 is 2.88 bits per heavy atom. The molecule has 1 aromatic heterocycles. The van der Waals surface area contributed by atoms with Crippen molar-refractivity contribution in [1.82, 2.24) is 19.8 Å². The van der Waals surface area contributed by atoms with E-state index in [0.29, 0.717) is 17.4 Å². The van der Waals surface area contributed by atoms with Crippen LogP contribution in [0.25, 0.3) is 10.9 Å². The number of nitrogens with one attached hydrogen (secondary N) is 1. The predicted molar refractivity (Wildman–Crippen MR) is 100 cm³/mol. The highest BCUT2D eigenvalue weighted by Gasteiger charge is 2.10. The van der Waals surface area contributed by atoms with E-state index in [0.717, 1.165) is 51.3 Å². The van der Waals surface area contributed by atoms with Crippen LogP contribution in [0.3, 0.4) is 0 Å². The SMILES string of the molecule is Cc1cccc2c(=O)n(CC(=O)NCCCCN3CCOCC3)cnc12. The lowest BCUT2D eigenvalue weighted by Gasteiger charge is -2.26. The van der Waals surface area contributed by atoms with E-state index in [1.165, 1.54) is 10.9 Å². The first-order valence-electron chi connectivity index (χ1n) is 9.17. The third-order valence-corrected chi connectivity index (χ3v) is 4.70. The molecule has 2 aromatic rings. The second kappa shape index (κ2) is 8.91. The Labute approximate surface area is 153 Å². The zero-order valence-corrected chi connectivity index (χ0v) is 15.2. The molecule has 0 radical (unpaired) electrons. The van der Waals surface area contributed by atoms with Crippen molar-refractivity contribution in [3.8, 4) is 0 Å². The van der Waals surface area contributed by atoms with Gasteiger partial charge in [0, 0.05) is 19.6 Å². The van der Waals surface area contributed by atoms with E-state index in [1.807, 2.05) is 19.1 Å². The number of aryl methyl sites for hydroxylation is 1. The van der Waals surface area contributed by atoms with Crippen molar-refractivity contribution in [3.63, 3.8) is 0 Å². The summed E-state index contributed by atoms with van der Waals surface area (Å²) in [5, 5.41) is 3.43. The number of aromatic nitrogens is 2. The maximum Gasteiger partial charge on any atom is 0.261 e. The zero-order valence-electron chi connectivity index (χ0n) is 15.2. The second-order valence-corrected chi connectivity index (χ2v) is 6.66. The topological polar surface area (TPSA) is 76.5 Å². The average Bonchev–Trinajstić information content (AvgIpc) is 2.65. The number of carbonyl (C=O) groups excluding carboxylic acids is 1. The molecule has 1 amide bonds. The molecule has 7 nitrogen and oxygen atoms in total. The van der Waals surface area contributed by atoms with Crippen LogP contribution in [-0.4, -0.2) is 59.8 Å². The first-order chi connectivity index (χ1) is 12.6. The molecule has 2 heterocycles. The van der Waals surface area contributed by atoms with Crippen molar-refractivity contribution >= 4 is 16.8 Å². The fourth-order valence-electron chi connectivity index (χ4n) is 3.17. The number of nitrogens with zero attached hydrogens (tertiary/aromatic N) is 3. The molecule has 0 unspecified atom stereocenters. The molecule has 26 heavy (non-hydrogen) atoms. The predicted octanol–water partition coefficient (Wildman–Crippen LogP) is 0.934.